The second-order valence-electron chi connectivity index (χ2n) is 6.06. The maximum Gasteiger partial charge on any atom is 0.240 e. The summed E-state index contributed by atoms with van der Waals surface area (Å²) in [6, 6.07) is 6.41. The Morgan fingerprint density at radius 1 is 1.09 bits per heavy atom. The van der Waals surface area contributed by atoms with Gasteiger partial charge in [-0.05, 0) is 18.4 Å². The van der Waals surface area contributed by atoms with Gasteiger partial charge in [-0.1, -0.05) is 43.7 Å². The third-order valence-corrected chi connectivity index (χ3v) is 3.54. The van der Waals surface area contributed by atoms with Gasteiger partial charge in [-0.25, -0.2) is 0 Å². The van der Waals surface area contributed by atoms with Gasteiger partial charge in [-0.3, -0.25) is 14.4 Å². The smallest absolute Gasteiger partial charge is 0.240 e. The Bertz CT molecular complexity index is 567. The molecule has 0 unspecified atom stereocenters. The molecule has 0 spiro atoms. The zero-order valence-electron chi connectivity index (χ0n) is 14.1. The van der Waals surface area contributed by atoms with Crippen LogP contribution in [0.3, 0.4) is 0 Å². The Hall–Kier alpha value is -2.37. The van der Waals surface area contributed by atoms with Crippen LogP contribution in [0.25, 0.3) is 0 Å². The molecule has 6 nitrogen and oxygen atoms in total. The summed E-state index contributed by atoms with van der Waals surface area (Å²) in [4.78, 5) is 35.0. The average Bonchev–Trinajstić information content (AvgIpc) is 2.43. The number of nitrogens with one attached hydrogen (secondary N) is 2. The molecule has 0 aromatic heterocycles. The third kappa shape index (κ3) is 6.10. The largest absolute Gasteiger partial charge is 0.368 e. The van der Waals surface area contributed by atoms with Crippen LogP contribution in [0.15, 0.2) is 24.3 Å². The van der Waals surface area contributed by atoms with Crippen LogP contribution in [0.5, 0.6) is 0 Å². The van der Waals surface area contributed by atoms with Gasteiger partial charge in [0.15, 0.2) is 0 Å². The number of benzene rings is 1. The van der Waals surface area contributed by atoms with E-state index in [1.165, 1.54) is 6.92 Å². The van der Waals surface area contributed by atoms with Crippen LogP contribution in [0, 0.1) is 12.8 Å². The normalized spacial score (nSPS) is 13.3. The van der Waals surface area contributed by atoms with E-state index < -0.39 is 18.0 Å². The van der Waals surface area contributed by atoms with E-state index in [4.69, 9.17) is 5.73 Å². The molecule has 6 heteroatoms. The maximum atomic E-state index is 12.2. The molecule has 0 fully saturated rings. The van der Waals surface area contributed by atoms with Crippen molar-refractivity contribution in [2.75, 3.05) is 0 Å². The molecule has 0 bridgehead atoms. The van der Waals surface area contributed by atoms with E-state index in [-0.39, 0.29) is 24.2 Å². The number of carbonyl (C=O) groups excluding carboxylic acids is 3. The minimum absolute atomic E-state index is 0.0408. The van der Waals surface area contributed by atoms with Gasteiger partial charge in [-0.2, -0.15) is 0 Å². The summed E-state index contributed by atoms with van der Waals surface area (Å²) in [5.74, 6) is -1.23. The van der Waals surface area contributed by atoms with E-state index in [0.717, 1.165) is 11.1 Å². The Labute approximate surface area is 136 Å². The van der Waals surface area contributed by atoms with E-state index in [2.05, 4.69) is 10.6 Å². The summed E-state index contributed by atoms with van der Waals surface area (Å²) in [6.07, 6.45) is 0.0408. The van der Waals surface area contributed by atoms with E-state index in [9.17, 15) is 14.4 Å². The van der Waals surface area contributed by atoms with Crippen molar-refractivity contribution in [3.05, 3.63) is 35.4 Å². The Kier molecular flexibility index (Phi) is 6.75. The molecule has 0 aliphatic heterocycles. The highest BCUT2D eigenvalue weighted by Gasteiger charge is 2.24. The number of carbonyl (C=O) groups is 3. The molecule has 1 aromatic carbocycles. The summed E-state index contributed by atoms with van der Waals surface area (Å²) in [5.41, 5.74) is 7.23. The Morgan fingerprint density at radius 3 is 2.09 bits per heavy atom. The van der Waals surface area contributed by atoms with Crippen LogP contribution < -0.4 is 16.4 Å². The van der Waals surface area contributed by atoms with Crippen LogP contribution in [0.2, 0.25) is 0 Å². The van der Waals surface area contributed by atoms with Crippen molar-refractivity contribution >= 4 is 17.7 Å². The summed E-state index contributed by atoms with van der Waals surface area (Å²) in [7, 11) is 0. The molecule has 0 saturated heterocycles. The second kappa shape index (κ2) is 8.31. The van der Waals surface area contributed by atoms with Crippen molar-refractivity contribution in [3.63, 3.8) is 0 Å². The van der Waals surface area contributed by atoms with Crippen molar-refractivity contribution < 1.29 is 14.4 Å². The molecule has 1 rings (SSSR count). The quantitative estimate of drug-likeness (QED) is 0.703. The van der Waals surface area contributed by atoms with Crippen molar-refractivity contribution in [1.29, 1.82) is 0 Å². The summed E-state index contributed by atoms with van der Waals surface area (Å²) in [5, 5.41) is 5.40. The first-order valence-electron chi connectivity index (χ1n) is 7.63. The number of hydrogen-bond donors (Lipinski definition) is 3. The zero-order chi connectivity index (χ0) is 17.6. The number of nitrogens with two attached hydrogens (primary N) is 1. The first-order valence-corrected chi connectivity index (χ1v) is 7.63. The molecule has 0 heterocycles. The minimum Gasteiger partial charge on any atom is -0.368 e. The van der Waals surface area contributed by atoms with Crippen molar-refractivity contribution in [2.24, 2.45) is 11.7 Å². The predicted octanol–water partition coefficient (Wildman–Crippen LogP) is 1.19. The van der Waals surface area contributed by atoms with Crippen LogP contribution >= 0.6 is 0 Å². The topological polar surface area (TPSA) is 101 Å². The lowest BCUT2D eigenvalue weighted by Gasteiger charge is -2.22. The van der Waals surface area contributed by atoms with Crippen LogP contribution in [-0.2, 0) is 14.4 Å². The van der Waals surface area contributed by atoms with Gasteiger partial charge in [0.2, 0.25) is 17.7 Å². The van der Waals surface area contributed by atoms with Gasteiger partial charge >= 0.3 is 0 Å². The fourth-order valence-electron chi connectivity index (χ4n) is 2.28. The van der Waals surface area contributed by atoms with E-state index in [1.54, 1.807) is 13.8 Å². The Balaban J connectivity index is 2.84. The van der Waals surface area contributed by atoms with Gasteiger partial charge in [0.1, 0.15) is 6.04 Å². The fourth-order valence-corrected chi connectivity index (χ4v) is 2.28. The van der Waals surface area contributed by atoms with Crippen LogP contribution in [0.1, 0.15) is 44.4 Å². The highest BCUT2D eigenvalue weighted by atomic mass is 16.2. The van der Waals surface area contributed by atoms with Crippen molar-refractivity contribution in [3.8, 4) is 0 Å². The van der Waals surface area contributed by atoms with E-state index in [0.29, 0.717) is 0 Å². The average molecular weight is 319 g/mol. The summed E-state index contributed by atoms with van der Waals surface area (Å²) in [6.45, 7) is 6.98. The zero-order valence-corrected chi connectivity index (χ0v) is 14.1. The lowest BCUT2D eigenvalue weighted by Crippen LogP contribution is -2.48. The standard InChI is InChI=1S/C17H25N3O3/c1-10(2)16(17(18)23)20-15(22)9-14(19-12(4)21)13-7-5-11(3)6-8-13/h5-8,10,14,16H,9H2,1-4H3,(H2,18,23)(H,19,21)(H,20,22)/t14-,16+/m1/s1. The fraction of sp³-hybridized carbons (Fsp3) is 0.471. The van der Waals surface area contributed by atoms with Gasteiger partial charge in [-0.15, -0.1) is 0 Å². The predicted molar refractivity (Wildman–Crippen MR) is 88.3 cm³/mol. The number of primary amides is 1. The minimum atomic E-state index is -0.724. The molecule has 0 aliphatic carbocycles. The molecule has 2 atom stereocenters. The molecular formula is C17H25N3O3. The van der Waals surface area contributed by atoms with Gasteiger partial charge < -0.3 is 16.4 Å². The molecular weight excluding hydrogens is 294 g/mol. The number of hydrogen-bond acceptors (Lipinski definition) is 3. The van der Waals surface area contributed by atoms with Crippen LogP contribution in [-0.4, -0.2) is 23.8 Å². The maximum absolute atomic E-state index is 12.2. The molecule has 0 aliphatic rings. The Morgan fingerprint density at radius 2 is 1.65 bits per heavy atom. The first-order chi connectivity index (χ1) is 10.7. The highest BCUT2D eigenvalue weighted by Crippen LogP contribution is 2.18. The molecule has 1 aromatic rings. The van der Waals surface area contributed by atoms with E-state index >= 15 is 0 Å². The van der Waals surface area contributed by atoms with Crippen molar-refractivity contribution in [2.45, 2.75) is 46.2 Å². The summed E-state index contributed by atoms with van der Waals surface area (Å²) < 4.78 is 0. The number of rotatable bonds is 7. The van der Waals surface area contributed by atoms with E-state index in [1.807, 2.05) is 31.2 Å². The molecule has 23 heavy (non-hydrogen) atoms. The third-order valence-electron chi connectivity index (χ3n) is 3.54. The molecule has 126 valence electrons. The SMILES string of the molecule is CC(=O)N[C@H](CC(=O)N[C@H](C(N)=O)C(C)C)c1ccc(C)cc1. The number of amides is 3. The second-order valence-corrected chi connectivity index (χ2v) is 6.06. The van der Waals surface area contributed by atoms with Crippen LogP contribution in [0.4, 0.5) is 0 Å². The summed E-state index contributed by atoms with van der Waals surface area (Å²) >= 11 is 0. The first kappa shape index (κ1) is 18.7. The number of aryl methyl sites for hydroxylation is 1. The monoisotopic (exact) mass is 319 g/mol. The van der Waals surface area contributed by atoms with Gasteiger partial charge in [0.25, 0.3) is 0 Å². The lowest BCUT2D eigenvalue weighted by molar-refractivity contribution is -0.129. The van der Waals surface area contributed by atoms with Crippen molar-refractivity contribution in [1.82, 2.24) is 10.6 Å². The molecule has 0 saturated carbocycles. The molecule has 3 amide bonds. The van der Waals surface area contributed by atoms with Gasteiger partial charge in [0, 0.05) is 6.92 Å². The lowest BCUT2D eigenvalue weighted by atomic mass is 10.00. The molecule has 4 N–H and O–H groups in total. The highest BCUT2D eigenvalue weighted by molar-refractivity contribution is 5.87. The molecule has 0 radical (unpaired) electrons. The van der Waals surface area contributed by atoms with Gasteiger partial charge in [0.05, 0.1) is 12.5 Å².